The van der Waals surface area contributed by atoms with E-state index in [9.17, 15) is 4.79 Å². The lowest BCUT2D eigenvalue weighted by Gasteiger charge is -2.20. The average molecular weight is 300 g/mol. The van der Waals surface area contributed by atoms with Crippen molar-refractivity contribution in [3.63, 3.8) is 0 Å². The second-order valence-electron chi connectivity index (χ2n) is 5.00. The van der Waals surface area contributed by atoms with Crippen LogP contribution in [0.4, 0.5) is 5.69 Å². The largest absolute Gasteiger partial charge is 0.478 e. The van der Waals surface area contributed by atoms with Gasteiger partial charge < -0.3 is 10.0 Å². The molecular formula is C17H14ClNO2. The Kier molecular flexibility index (Phi) is 3.67. The molecule has 0 saturated heterocycles. The number of hydrogen-bond donors (Lipinski definition) is 1. The van der Waals surface area contributed by atoms with Gasteiger partial charge in [0.2, 0.25) is 0 Å². The summed E-state index contributed by atoms with van der Waals surface area (Å²) in [7, 11) is 0. The van der Waals surface area contributed by atoms with Crippen LogP contribution in [-0.2, 0) is 17.9 Å². The number of rotatable bonds is 3. The van der Waals surface area contributed by atoms with Gasteiger partial charge in [0.25, 0.3) is 0 Å². The van der Waals surface area contributed by atoms with E-state index in [1.165, 1.54) is 11.1 Å². The van der Waals surface area contributed by atoms with E-state index in [2.05, 4.69) is 17.0 Å². The van der Waals surface area contributed by atoms with E-state index in [1.54, 1.807) is 12.1 Å². The lowest BCUT2D eigenvalue weighted by Crippen LogP contribution is -2.15. The van der Waals surface area contributed by atoms with Gasteiger partial charge in [-0.25, -0.2) is 4.79 Å². The average Bonchev–Trinajstić information content (AvgIpc) is 2.89. The summed E-state index contributed by atoms with van der Waals surface area (Å²) in [5.74, 6) is -0.958. The third-order valence-electron chi connectivity index (χ3n) is 3.58. The molecule has 106 valence electrons. The lowest BCUT2D eigenvalue weighted by molar-refractivity contribution is -0.131. The molecule has 0 spiro atoms. The van der Waals surface area contributed by atoms with E-state index in [4.69, 9.17) is 16.7 Å². The minimum atomic E-state index is -0.958. The summed E-state index contributed by atoms with van der Waals surface area (Å²) in [6.45, 7) is 1.62. The third kappa shape index (κ3) is 2.93. The molecule has 2 aromatic rings. The van der Waals surface area contributed by atoms with Gasteiger partial charge in [-0.1, -0.05) is 41.9 Å². The number of carboxylic acid groups (broad SMARTS) is 1. The van der Waals surface area contributed by atoms with Crippen molar-refractivity contribution in [2.45, 2.75) is 13.1 Å². The summed E-state index contributed by atoms with van der Waals surface area (Å²) >= 11 is 6.10. The van der Waals surface area contributed by atoms with E-state index in [0.717, 1.165) is 30.4 Å². The number of carbonyl (C=O) groups is 1. The highest BCUT2D eigenvalue weighted by Crippen LogP contribution is 2.33. The van der Waals surface area contributed by atoms with E-state index >= 15 is 0 Å². The fourth-order valence-electron chi connectivity index (χ4n) is 2.60. The summed E-state index contributed by atoms with van der Waals surface area (Å²) in [5.41, 5.74) is 4.40. The van der Waals surface area contributed by atoms with Crippen LogP contribution in [-0.4, -0.2) is 11.1 Å². The van der Waals surface area contributed by atoms with Gasteiger partial charge in [0.1, 0.15) is 0 Å². The second kappa shape index (κ2) is 5.62. The van der Waals surface area contributed by atoms with Gasteiger partial charge in [-0.15, -0.1) is 0 Å². The summed E-state index contributed by atoms with van der Waals surface area (Å²) < 4.78 is 0. The molecule has 3 nitrogen and oxygen atoms in total. The third-order valence-corrected chi connectivity index (χ3v) is 3.81. The van der Waals surface area contributed by atoms with Crippen molar-refractivity contribution in [2.75, 3.05) is 4.90 Å². The maximum Gasteiger partial charge on any atom is 0.328 e. The molecule has 1 aliphatic rings. The monoisotopic (exact) mass is 299 g/mol. The number of nitrogens with zero attached hydrogens (tertiary/aromatic N) is 1. The predicted octanol–water partition coefficient (Wildman–Crippen LogP) is 3.96. The fraction of sp³-hybridized carbons (Fsp3) is 0.118. The molecule has 0 radical (unpaired) electrons. The second-order valence-corrected chi connectivity index (χ2v) is 5.44. The topological polar surface area (TPSA) is 40.5 Å². The van der Waals surface area contributed by atoms with Gasteiger partial charge in [-0.3, -0.25) is 0 Å². The molecule has 0 unspecified atom stereocenters. The normalized spacial score (nSPS) is 13.7. The quantitative estimate of drug-likeness (QED) is 0.872. The number of aliphatic carboxylic acids is 1. The van der Waals surface area contributed by atoms with Gasteiger partial charge in [0, 0.05) is 29.9 Å². The van der Waals surface area contributed by atoms with Crippen LogP contribution in [0.1, 0.15) is 16.7 Å². The number of anilines is 1. The van der Waals surface area contributed by atoms with Crippen LogP contribution in [0.25, 0.3) is 6.08 Å². The molecule has 0 aromatic heterocycles. The maximum absolute atomic E-state index is 10.7. The van der Waals surface area contributed by atoms with Crippen LogP contribution >= 0.6 is 11.6 Å². The van der Waals surface area contributed by atoms with E-state index < -0.39 is 5.97 Å². The Balaban J connectivity index is 1.96. The molecule has 1 heterocycles. The van der Waals surface area contributed by atoms with Crippen molar-refractivity contribution in [3.05, 3.63) is 70.3 Å². The van der Waals surface area contributed by atoms with Crippen LogP contribution in [0, 0.1) is 0 Å². The van der Waals surface area contributed by atoms with Crippen molar-refractivity contribution >= 4 is 29.3 Å². The molecule has 1 aliphatic heterocycles. The predicted molar refractivity (Wildman–Crippen MR) is 84.5 cm³/mol. The Labute approximate surface area is 128 Å². The molecule has 0 atom stereocenters. The van der Waals surface area contributed by atoms with Gasteiger partial charge in [-0.05, 0) is 34.9 Å². The first-order valence-corrected chi connectivity index (χ1v) is 7.03. The van der Waals surface area contributed by atoms with Crippen molar-refractivity contribution in [3.8, 4) is 0 Å². The number of fused-ring (bicyclic) bond motifs is 1. The molecule has 0 bridgehead atoms. The van der Waals surface area contributed by atoms with Gasteiger partial charge >= 0.3 is 5.97 Å². The lowest BCUT2D eigenvalue weighted by atomic mass is 10.1. The van der Waals surface area contributed by atoms with Crippen LogP contribution in [0.2, 0.25) is 5.02 Å². The number of benzene rings is 2. The van der Waals surface area contributed by atoms with E-state index in [0.29, 0.717) is 5.02 Å². The molecule has 21 heavy (non-hydrogen) atoms. The van der Waals surface area contributed by atoms with Crippen LogP contribution in [0.3, 0.4) is 0 Å². The van der Waals surface area contributed by atoms with Crippen molar-refractivity contribution in [2.24, 2.45) is 0 Å². The van der Waals surface area contributed by atoms with Crippen LogP contribution in [0.15, 0.2) is 48.5 Å². The van der Waals surface area contributed by atoms with Crippen molar-refractivity contribution in [1.82, 2.24) is 0 Å². The molecule has 2 aromatic carbocycles. The minimum absolute atomic E-state index is 0.647. The zero-order valence-corrected chi connectivity index (χ0v) is 12.0. The Morgan fingerprint density at radius 1 is 1.14 bits per heavy atom. The number of carboxylic acids is 1. The SMILES string of the molecule is O=C(O)/C=C/c1ccc(Cl)cc1N1Cc2ccccc2C1. The Morgan fingerprint density at radius 2 is 1.81 bits per heavy atom. The van der Waals surface area contributed by atoms with Crippen molar-refractivity contribution in [1.29, 1.82) is 0 Å². The summed E-state index contributed by atoms with van der Waals surface area (Å²) in [5, 5.41) is 9.45. The highest BCUT2D eigenvalue weighted by Gasteiger charge is 2.20. The molecule has 1 N–H and O–H groups in total. The first kappa shape index (κ1) is 13.7. The number of hydrogen-bond acceptors (Lipinski definition) is 2. The first-order valence-electron chi connectivity index (χ1n) is 6.66. The fourth-order valence-corrected chi connectivity index (χ4v) is 2.76. The van der Waals surface area contributed by atoms with Crippen LogP contribution in [0.5, 0.6) is 0 Å². The smallest absolute Gasteiger partial charge is 0.328 e. The van der Waals surface area contributed by atoms with Crippen molar-refractivity contribution < 1.29 is 9.90 Å². The molecular weight excluding hydrogens is 286 g/mol. The molecule has 0 fully saturated rings. The van der Waals surface area contributed by atoms with Crippen LogP contribution < -0.4 is 4.90 Å². The minimum Gasteiger partial charge on any atom is -0.478 e. The van der Waals surface area contributed by atoms with Gasteiger partial charge in [0.05, 0.1) is 0 Å². The molecule has 0 aliphatic carbocycles. The molecule has 0 amide bonds. The molecule has 4 heteroatoms. The summed E-state index contributed by atoms with van der Waals surface area (Å²) in [4.78, 5) is 12.9. The zero-order chi connectivity index (χ0) is 14.8. The Hall–Kier alpha value is -2.26. The maximum atomic E-state index is 10.7. The molecule has 0 saturated carbocycles. The summed E-state index contributed by atoms with van der Waals surface area (Å²) in [6, 6.07) is 13.8. The van der Waals surface area contributed by atoms with Gasteiger partial charge in [-0.2, -0.15) is 0 Å². The standard InChI is InChI=1S/C17H14ClNO2/c18-15-7-5-12(6-8-17(20)21)16(9-15)19-10-13-3-1-2-4-14(13)11-19/h1-9H,10-11H2,(H,20,21)/b8-6+. The Bertz CT molecular complexity index is 699. The van der Waals surface area contributed by atoms with E-state index in [-0.39, 0.29) is 0 Å². The highest BCUT2D eigenvalue weighted by atomic mass is 35.5. The van der Waals surface area contributed by atoms with E-state index in [1.807, 2.05) is 24.3 Å². The summed E-state index contributed by atoms with van der Waals surface area (Å²) in [6.07, 6.45) is 2.76. The highest BCUT2D eigenvalue weighted by molar-refractivity contribution is 6.31. The molecule has 3 rings (SSSR count). The Morgan fingerprint density at radius 3 is 2.43 bits per heavy atom. The first-order chi connectivity index (χ1) is 10.1. The number of halogens is 1. The van der Waals surface area contributed by atoms with Gasteiger partial charge in [0.15, 0.2) is 0 Å². The zero-order valence-electron chi connectivity index (χ0n) is 11.3.